The van der Waals surface area contributed by atoms with Crippen molar-refractivity contribution in [2.45, 2.75) is 57.5 Å². The van der Waals surface area contributed by atoms with E-state index in [1.165, 1.54) is 64.2 Å². The number of rotatable bonds is 3. The first kappa shape index (κ1) is 10.9. The Labute approximate surface area is 90.1 Å². The monoisotopic (exact) mass is 213 g/mol. The van der Waals surface area contributed by atoms with Crippen LogP contribution in [0.15, 0.2) is 0 Å². The maximum absolute atomic E-state index is 2.84. The van der Waals surface area contributed by atoms with E-state index < -0.39 is 0 Å². The maximum Gasteiger partial charge on any atom is 0.00215 e. The van der Waals surface area contributed by atoms with Crippen LogP contribution in [-0.2, 0) is 0 Å². The van der Waals surface area contributed by atoms with Gasteiger partial charge >= 0.3 is 0 Å². The minimum atomic E-state index is 0.256. The van der Waals surface area contributed by atoms with E-state index in [2.05, 4.69) is 11.6 Å². The largest absolute Gasteiger partial charge is 0.282 e. The lowest BCUT2D eigenvalue weighted by Crippen LogP contribution is -2.23. The summed E-state index contributed by atoms with van der Waals surface area (Å²) >= 11 is 0. The number of nitrogens with zero attached hydrogens (tertiary/aromatic N) is 1. The summed E-state index contributed by atoms with van der Waals surface area (Å²) in [5, 5.41) is 0. The lowest BCUT2D eigenvalue weighted by Gasteiger charge is -2.36. The standard InChI is InChI=1S/C12H24NP/c1-2-14(13-10-6-7-11-13)12-8-4-3-5-9-12/h12H,2-11H2,1H3. The molecule has 82 valence electrons. The molecule has 1 nitrogen and oxygen atoms in total. The minimum Gasteiger partial charge on any atom is -0.282 e. The Morgan fingerprint density at radius 3 is 2.21 bits per heavy atom. The molecule has 0 aromatic carbocycles. The molecule has 0 bridgehead atoms. The van der Waals surface area contributed by atoms with Gasteiger partial charge in [-0.1, -0.05) is 26.2 Å². The van der Waals surface area contributed by atoms with Crippen LogP contribution in [0.1, 0.15) is 51.9 Å². The van der Waals surface area contributed by atoms with Crippen LogP contribution in [0.2, 0.25) is 0 Å². The third-order valence-corrected chi connectivity index (χ3v) is 6.90. The molecule has 1 atom stereocenters. The van der Waals surface area contributed by atoms with Crippen molar-refractivity contribution in [3.05, 3.63) is 0 Å². The third-order valence-electron chi connectivity index (χ3n) is 3.77. The smallest absolute Gasteiger partial charge is 0.00215 e. The van der Waals surface area contributed by atoms with E-state index >= 15 is 0 Å². The second kappa shape index (κ2) is 5.47. The van der Waals surface area contributed by atoms with E-state index in [1.54, 1.807) is 0 Å². The first-order chi connectivity index (χ1) is 6.92. The van der Waals surface area contributed by atoms with Gasteiger partial charge in [-0.3, -0.25) is 4.67 Å². The molecule has 0 radical (unpaired) electrons. The molecule has 2 aliphatic rings. The van der Waals surface area contributed by atoms with E-state index in [4.69, 9.17) is 0 Å². The third kappa shape index (κ3) is 2.49. The maximum atomic E-state index is 2.84. The molecule has 0 aromatic heterocycles. The summed E-state index contributed by atoms with van der Waals surface area (Å²) in [5.41, 5.74) is 1.10. The molecule has 1 heterocycles. The first-order valence-corrected chi connectivity index (χ1v) is 7.98. The lowest BCUT2D eigenvalue weighted by molar-refractivity contribution is 0.482. The van der Waals surface area contributed by atoms with Gasteiger partial charge in [-0.25, -0.2) is 0 Å². The minimum absolute atomic E-state index is 0.256. The summed E-state index contributed by atoms with van der Waals surface area (Å²) in [6.45, 7) is 5.24. The highest BCUT2D eigenvalue weighted by Gasteiger charge is 2.28. The fourth-order valence-corrected chi connectivity index (χ4v) is 6.16. The van der Waals surface area contributed by atoms with Gasteiger partial charge in [0.25, 0.3) is 0 Å². The van der Waals surface area contributed by atoms with Crippen molar-refractivity contribution in [1.29, 1.82) is 0 Å². The SMILES string of the molecule is CCP(C1CCCCC1)N1CCCC1. The summed E-state index contributed by atoms with van der Waals surface area (Å²) in [6, 6.07) is 0. The van der Waals surface area contributed by atoms with Crippen LogP contribution in [0.5, 0.6) is 0 Å². The highest BCUT2D eigenvalue weighted by atomic mass is 31.1. The van der Waals surface area contributed by atoms with Crippen LogP contribution in [0.25, 0.3) is 0 Å². The van der Waals surface area contributed by atoms with E-state index in [0.29, 0.717) is 0 Å². The zero-order chi connectivity index (χ0) is 9.80. The predicted molar refractivity (Wildman–Crippen MR) is 65.1 cm³/mol. The topological polar surface area (TPSA) is 3.24 Å². The van der Waals surface area contributed by atoms with Gasteiger partial charge in [-0.15, -0.1) is 0 Å². The Morgan fingerprint density at radius 2 is 1.64 bits per heavy atom. The molecule has 1 saturated carbocycles. The van der Waals surface area contributed by atoms with Crippen molar-refractivity contribution in [2.24, 2.45) is 0 Å². The normalized spacial score (nSPS) is 28.1. The average molecular weight is 213 g/mol. The molecule has 14 heavy (non-hydrogen) atoms. The van der Waals surface area contributed by atoms with E-state index in [-0.39, 0.29) is 8.07 Å². The highest BCUT2D eigenvalue weighted by molar-refractivity contribution is 7.55. The van der Waals surface area contributed by atoms with Crippen LogP contribution in [0, 0.1) is 0 Å². The Balaban J connectivity index is 1.89. The van der Waals surface area contributed by atoms with Gasteiger partial charge in [-0.05, 0) is 45.6 Å². The van der Waals surface area contributed by atoms with Gasteiger partial charge in [0.1, 0.15) is 0 Å². The van der Waals surface area contributed by atoms with Crippen molar-refractivity contribution in [2.75, 3.05) is 19.3 Å². The van der Waals surface area contributed by atoms with Crippen LogP contribution in [0.4, 0.5) is 0 Å². The second-order valence-corrected chi connectivity index (χ2v) is 7.52. The molecule has 0 amide bonds. The number of hydrogen-bond donors (Lipinski definition) is 0. The van der Waals surface area contributed by atoms with Gasteiger partial charge in [0.05, 0.1) is 0 Å². The van der Waals surface area contributed by atoms with Crippen molar-refractivity contribution in [1.82, 2.24) is 4.67 Å². The summed E-state index contributed by atoms with van der Waals surface area (Å²) in [5.74, 6) is 0. The quantitative estimate of drug-likeness (QED) is 0.644. The average Bonchev–Trinajstić information content (AvgIpc) is 2.74. The van der Waals surface area contributed by atoms with E-state index in [1.807, 2.05) is 0 Å². The molecular formula is C12H24NP. The molecule has 0 spiro atoms. The fraction of sp³-hybridized carbons (Fsp3) is 1.00. The van der Waals surface area contributed by atoms with Gasteiger partial charge in [0.15, 0.2) is 0 Å². The predicted octanol–water partition coefficient (Wildman–Crippen LogP) is 3.83. The molecule has 1 aliphatic carbocycles. The summed E-state index contributed by atoms with van der Waals surface area (Å²) in [4.78, 5) is 0. The Bertz CT molecular complexity index is 160. The van der Waals surface area contributed by atoms with Crippen molar-refractivity contribution >= 4 is 8.07 Å². The summed E-state index contributed by atoms with van der Waals surface area (Å²) < 4.78 is 2.84. The molecule has 1 saturated heterocycles. The van der Waals surface area contributed by atoms with Crippen LogP contribution in [0.3, 0.4) is 0 Å². The first-order valence-electron chi connectivity index (χ1n) is 6.43. The van der Waals surface area contributed by atoms with Crippen molar-refractivity contribution < 1.29 is 0 Å². The molecule has 2 fully saturated rings. The molecule has 0 N–H and O–H groups in total. The molecule has 2 heteroatoms. The van der Waals surface area contributed by atoms with Crippen molar-refractivity contribution in [3.63, 3.8) is 0 Å². The fourth-order valence-electron chi connectivity index (χ4n) is 3.03. The van der Waals surface area contributed by atoms with Gasteiger partial charge in [0, 0.05) is 13.1 Å². The van der Waals surface area contributed by atoms with Crippen molar-refractivity contribution in [3.8, 4) is 0 Å². The molecule has 0 aromatic rings. The Hall–Kier alpha value is 0.390. The lowest BCUT2D eigenvalue weighted by atomic mass is 10.0. The summed E-state index contributed by atoms with van der Waals surface area (Å²) in [7, 11) is 0.256. The van der Waals surface area contributed by atoms with Crippen LogP contribution in [-0.4, -0.2) is 29.6 Å². The van der Waals surface area contributed by atoms with Gasteiger partial charge < -0.3 is 0 Å². The molecule has 2 rings (SSSR count). The summed E-state index contributed by atoms with van der Waals surface area (Å²) in [6.07, 6.45) is 12.0. The Morgan fingerprint density at radius 1 is 1.00 bits per heavy atom. The zero-order valence-electron chi connectivity index (χ0n) is 9.54. The van der Waals surface area contributed by atoms with E-state index in [0.717, 1.165) is 5.66 Å². The van der Waals surface area contributed by atoms with Crippen LogP contribution >= 0.6 is 8.07 Å². The molecule has 1 unspecified atom stereocenters. The zero-order valence-corrected chi connectivity index (χ0v) is 10.4. The van der Waals surface area contributed by atoms with Gasteiger partial charge in [-0.2, -0.15) is 0 Å². The molecular weight excluding hydrogens is 189 g/mol. The van der Waals surface area contributed by atoms with Crippen LogP contribution < -0.4 is 0 Å². The Kier molecular flexibility index (Phi) is 4.25. The van der Waals surface area contributed by atoms with E-state index in [9.17, 15) is 0 Å². The van der Waals surface area contributed by atoms with Gasteiger partial charge in [0.2, 0.25) is 0 Å². The highest BCUT2D eigenvalue weighted by Crippen LogP contribution is 2.51. The number of hydrogen-bond acceptors (Lipinski definition) is 1. The second-order valence-electron chi connectivity index (χ2n) is 4.71. The molecule has 1 aliphatic heterocycles.